The zero-order valence-corrected chi connectivity index (χ0v) is 59.5. The molecule has 0 aromatic carbocycles. The second-order valence-electron chi connectivity index (χ2n) is 26.2. The standard InChI is InChI=1S/C70H136O17P2/c1-7-9-11-13-15-26-34-40-46-52-67(72)80-58-65(86-69(74)54-48-42-36-27-16-14-12-10-8-2)60-84-88(76,77)82-56-64(71)57-83-89(78,79)85-61-66(59-81-68(73)53-47-41-35-30-25-24-29-33-39-45-51-63(5)6)87-70(75)55-49-43-37-31-23-21-19-17-18-20-22-28-32-38-44-50-62(3)4/h62-66,71H,7-61H2,1-6H3,(H,76,77)(H,78,79)/t64-,65+,66+/m0/s1. The van der Waals surface area contributed by atoms with Crippen molar-refractivity contribution >= 4 is 39.5 Å². The maximum atomic E-state index is 13.0. The molecule has 89 heavy (non-hydrogen) atoms. The van der Waals surface area contributed by atoms with Gasteiger partial charge in [-0.3, -0.25) is 37.3 Å². The number of carbonyl (C=O) groups excluding carboxylic acids is 4. The van der Waals surface area contributed by atoms with E-state index in [9.17, 15) is 43.2 Å². The van der Waals surface area contributed by atoms with E-state index in [0.717, 1.165) is 102 Å². The molecular weight excluding hydrogens is 1170 g/mol. The van der Waals surface area contributed by atoms with Crippen LogP contribution >= 0.6 is 15.6 Å². The Morgan fingerprint density at radius 2 is 0.517 bits per heavy atom. The topological polar surface area (TPSA) is 237 Å². The molecular formula is C70H136O17P2. The molecule has 3 N–H and O–H groups in total. The van der Waals surface area contributed by atoms with Crippen LogP contribution in [0, 0.1) is 11.8 Å². The van der Waals surface area contributed by atoms with Gasteiger partial charge in [0.25, 0.3) is 0 Å². The van der Waals surface area contributed by atoms with Crippen molar-refractivity contribution in [2.24, 2.45) is 11.8 Å². The normalized spacial score (nSPS) is 14.1. The van der Waals surface area contributed by atoms with E-state index in [1.165, 1.54) is 173 Å². The number of hydrogen-bond donors (Lipinski definition) is 3. The fourth-order valence-corrected chi connectivity index (χ4v) is 12.2. The summed E-state index contributed by atoms with van der Waals surface area (Å²) in [6, 6.07) is 0. The van der Waals surface area contributed by atoms with Crippen molar-refractivity contribution < 1.29 is 80.2 Å². The Kier molecular flexibility index (Phi) is 60.8. The summed E-state index contributed by atoms with van der Waals surface area (Å²) >= 11 is 0. The van der Waals surface area contributed by atoms with Gasteiger partial charge in [-0.15, -0.1) is 0 Å². The molecule has 0 aliphatic rings. The second-order valence-corrected chi connectivity index (χ2v) is 29.1. The number of phosphoric acid groups is 2. The van der Waals surface area contributed by atoms with Crippen LogP contribution in [0.25, 0.3) is 0 Å². The Morgan fingerprint density at radius 3 is 0.764 bits per heavy atom. The van der Waals surface area contributed by atoms with Crippen LogP contribution in [0.5, 0.6) is 0 Å². The number of carbonyl (C=O) groups is 4. The summed E-state index contributed by atoms with van der Waals surface area (Å²) in [4.78, 5) is 72.4. The third-order valence-corrected chi connectivity index (χ3v) is 18.1. The fraction of sp³-hybridized carbons (Fsp3) is 0.943. The van der Waals surface area contributed by atoms with E-state index in [1.807, 2.05) is 0 Å². The lowest BCUT2D eigenvalue weighted by molar-refractivity contribution is -0.161. The highest BCUT2D eigenvalue weighted by atomic mass is 31.2. The zero-order chi connectivity index (χ0) is 65.7. The highest BCUT2D eigenvalue weighted by molar-refractivity contribution is 7.47. The highest BCUT2D eigenvalue weighted by Crippen LogP contribution is 2.45. The molecule has 0 saturated carbocycles. The summed E-state index contributed by atoms with van der Waals surface area (Å²) in [6.45, 7) is 9.54. The summed E-state index contributed by atoms with van der Waals surface area (Å²) in [5.74, 6) is -0.565. The van der Waals surface area contributed by atoms with Gasteiger partial charge in [-0.2, -0.15) is 0 Å². The summed E-state index contributed by atoms with van der Waals surface area (Å²) in [5.41, 5.74) is 0. The molecule has 17 nitrogen and oxygen atoms in total. The smallest absolute Gasteiger partial charge is 0.462 e. The molecule has 0 fully saturated rings. The number of esters is 4. The molecule has 0 amide bonds. The second kappa shape index (κ2) is 62.2. The first-order chi connectivity index (χ1) is 42.9. The van der Waals surface area contributed by atoms with Crippen molar-refractivity contribution in [1.82, 2.24) is 0 Å². The van der Waals surface area contributed by atoms with Crippen LogP contribution in [-0.4, -0.2) is 96.7 Å². The summed E-state index contributed by atoms with van der Waals surface area (Å²) in [6.07, 6.45) is 47.2. The molecule has 0 aromatic rings. The van der Waals surface area contributed by atoms with Crippen molar-refractivity contribution in [3.8, 4) is 0 Å². The average Bonchev–Trinajstić information content (AvgIpc) is 3.51. The molecule has 19 heteroatoms. The molecule has 0 aromatic heterocycles. The number of aliphatic hydroxyl groups excluding tert-OH is 1. The molecule has 528 valence electrons. The first kappa shape index (κ1) is 87.1. The molecule has 5 atom stereocenters. The van der Waals surface area contributed by atoms with Crippen LogP contribution in [0.15, 0.2) is 0 Å². The zero-order valence-electron chi connectivity index (χ0n) is 57.7. The van der Waals surface area contributed by atoms with Gasteiger partial charge in [0.2, 0.25) is 0 Å². The Hall–Kier alpha value is -1.94. The summed E-state index contributed by atoms with van der Waals surface area (Å²) in [7, 11) is -9.89. The largest absolute Gasteiger partial charge is 0.472 e. The molecule has 0 aliphatic heterocycles. The maximum absolute atomic E-state index is 13.0. The molecule has 0 heterocycles. The van der Waals surface area contributed by atoms with Crippen LogP contribution < -0.4 is 0 Å². The van der Waals surface area contributed by atoms with Crippen LogP contribution in [0.2, 0.25) is 0 Å². The minimum atomic E-state index is -4.95. The first-order valence-electron chi connectivity index (χ1n) is 36.5. The van der Waals surface area contributed by atoms with Gasteiger partial charge in [-0.1, -0.05) is 305 Å². The van der Waals surface area contributed by atoms with Gasteiger partial charge in [0.05, 0.1) is 26.4 Å². The number of rotatable bonds is 69. The third-order valence-electron chi connectivity index (χ3n) is 16.2. The SMILES string of the molecule is CCCCCCCCCCCC(=O)OC[C@H](COP(=O)(O)OC[C@H](O)COP(=O)(O)OC[C@@H](COC(=O)CCCCCCCCCCCCC(C)C)OC(=O)CCCCCCCCCCCCCCCCCC(C)C)OC(=O)CCCCCCCCCCC. The van der Waals surface area contributed by atoms with Crippen molar-refractivity contribution in [3.63, 3.8) is 0 Å². The van der Waals surface area contributed by atoms with Crippen molar-refractivity contribution in [3.05, 3.63) is 0 Å². The minimum absolute atomic E-state index is 0.106. The van der Waals surface area contributed by atoms with Crippen LogP contribution in [0.1, 0.15) is 356 Å². The number of ether oxygens (including phenoxy) is 4. The van der Waals surface area contributed by atoms with Gasteiger partial charge in [0.15, 0.2) is 12.2 Å². The highest BCUT2D eigenvalue weighted by Gasteiger charge is 2.30. The molecule has 0 spiro atoms. The molecule has 0 bridgehead atoms. The van der Waals surface area contributed by atoms with Gasteiger partial charge in [0, 0.05) is 25.7 Å². The number of aliphatic hydroxyl groups is 1. The van der Waals surface area contributed by atoms with Crippen LogP contribution in [0.4, 0.5) is 0 Å². The van der Waals surface area contributed by atoms with Gasteiger partial charge in [0.1, 0.15) is 19.3 Å². The van der Waals surface area contributed by atoms with Crippen LogP contribution in [0.3, 0.4) is 0 Å². The van der Waals surface area contributed by atoms with E-state index in [4.69, 9.17) is 37.0 Å². The predicted octanol–water partition coefficient (Wildman–Crippen LogP) is 20.0. The maximum Gasteiger partial charge on any atom is 0.472 e. The van der Waals surface area contributed by atoms with E-state index in [0.29, 0.717) is 25.7 Å². The lowest BCUT2D eigenvalue weighted by Gasteiger charge is -2.21. The number of hydrogen-bond acceptors (Lipinski definition) is 15. The van der Waals surface area contributed by atoms with Crippen molar-refractivity contribution in [2.75, 3.05) is 39.6 Å². The molecule has 0 rings (SSSR count). The van der Waals surface area contributed by atoms with Gasteiger partial charge >= 0.3 is 39.5 Å². The summed E-state index contributed by atoms with van der Waals surface area (Å²) in [5, 5.41) is 10.6. The van der Waals surface area contributed by atoms with Gasteiger partial charge in [-0.25, -0.2) is 9.13 Å². The molecule has 0 saturated heterocycles. The van der Waals surface area contributed by atoms with E-state index in [-0.39, 0.29) is 25.7 Å². The first-order valence-corrected chi connectivity index (χ1v) is 39.5. The lowest BCUT2D eigenvalue weighted by Crippen LogP contribution is -2.30. The predicted molar refractivity (Wildman–Crippen MR) is 358 cm³/mol. The Labute approximate surface area is 543 Å². The van der Waals surface area contributed by atoms with Crippen molar-refractivity contribution in [2.45, 2.75) is 374 Å². The third kappa shape index (κ3) is 64.6. The van der Waals surface area contributed by atoms with E-state index in [2.05, 4.69) is 41.5 Å². The Bertz CT molecular complexity index is 1730. The van der Waals surface area contributed by atoms with E-state index in [1.54, 1.807) is 0 Å². The Balaban J connectivity index is 5.20. The quantitative estimate of drug-likeness (QED) is 0.0222. The minimum Gasteiger partial charge on any atom is -0.462 e. The van der Waals surface area contributed by atoms with Crippen LogP contribution in [-0.2, 0) is 65.4 Å². The molecule has 2 unspecified atom stereocenters. The Morgan fingerprint density at radius 1 is 0.303 bits per heavy atom. The van der Waals surface area contributed by atoms with E-state index < -0.39 is 97.5 Å². The van der Waals surface area contributed by atoms with Gasteiger partial charge in [-0.05, 0) is 37.5 Å². The monoisotopic (exact) mass is 1310 g/mol. The fourth-order valence-electron chi connectivity index (χ4n) is 10.6. The average molecular weight is 1310 g/mol. The molecule has 0 aliphatic carbocycles. The van der Waals surface area contributed by atoms with E-state index >= 15 is 0 Å². The van der Waals surface area contributed by atoms with Crippen molar-refractivity contribution in [1.29, 1.82) is 0 Å². The lowest BCUT2D eigenvalue weighted by atomic mass is 10.0. The summed E-state index contributed by atoms with van der Waals surface area (Å²) < 4.78 is 68.2. The number of phosphoric ester groups is 2. The number of unbranched alkanes of at least 4 members (excludes halogenated alkanes) is 39. The van der Waals surface area contributed by atoms with Gasteiger partial charge < -0.3 is 33.8 Å². The molecule has 0 radical (unpaired) electrons.